The zero-order chi connectivity index (χ0) is 23.8. The zero-order valence-electron chi connectivity index (χ0n) is 19.1. The second kappa shape index (κ2) is 8.67. The predicted molar refractivity (Wildman–Crippen MR) is 127 cm³/mol. The Balaban J connectivity index is 1.45. The van der Waals surface area contributed by atoms with E-state index >= 15 is 0 Å². The van der Waals surface area contributed by atoms with Crippen molar-refractivity contribution >= 4 is 15.7 Å². The second-order valence-electron chi connectivity index (χ2n) is 7.92. The maximum atomic E-state index is 12.7. The van der Waals surface area contributed by atoms with Gasteiger partial charge in [-0.1, -0.05) is 6.07 Å². The van der Waals surface area contributed by atoms with Crippen molar-refractivity contribution in [3.63, 3.8) is 0 Å². The first-order valence-electron chi connectivity index (χ1n) is 10.4. The Morgan fingerprint density at radius 2 is 1.58 bits per heavy atom. The first-order valence-corrected chi connectivity index (χ1v) is 11.9. The Labute approximate surface area is 193 Å². The number of ether oxygens (including phenoxy) is 1. The molecule has 1 N–H and O–H groups in total. The molecule has 0 radical (unpaired) electrons. The summed E-state index contributed by atoms with van der Waals surface area (Å²) in [5, 5.41) is 12.8. The van der Waals surface area contributed by atoms with Crippen LogP contribution in [0.1, 0.15) is 28.1 Å². The lowest BCUT2D eigenvalue weighted by Gasteiger charge is -2.11. The van der Waals surface area contributed by atoms with Gasteiger partial charge in [0, 0.05) is 17.4 Å². The first kappa shape index (κ1) is 22.5. The molecule has 0 fully saturated rings. The van der Waals surface area contributed by atoms with Crippen molar-refractivity contribution in [1.82, 2.24) is 20.0 Å². The molecule has 0 atom stereocenters. The van der Waals surface area contributed by atoms with Gasteiger partial charge >= 0.3 is 0 Å². The highest BCUT2D eigenvalue weighted by Crippen LogP contribution is 2.24. The first-order chi connectivity index (χ1) is 15.6. The number of hydrogen-bond acceptors (Lipinski definition) is 6. The minimum atomic E-state index is -3.68. The van der Waals surface area contributed by atoms with Gasteiger partial charge in [0.05, 0.1) is 10.6 Å². The molecule has 9 heteroatoms. The van der Waals surface area contributed by atoms with Crippen LogP contribution < -0.4 is 9.46 Å². The topological polar surface area (TPSA) is 99.0 Å². The Morgan fingerprint density at radius 1 is 0.848 bits per heavy atom. The molecular formula is C24H25N5O3S. The highest BCUT2D eigenvalue weighted by atomic mass is 32.2. The van der Waals surface area contributed by atoms with Crippen LogP contribution >= 0.6 is 0 Å². The van der Waals surface area contributed by atoms with E-state index in [1.807, 2.05) is 34.6 Å². The molecule has 4 rings (SSSR count). The van der Waals surface area contributed by atoms with Gasteiger partial charge in [-0.3, -0.25) is 4.72 Å². The minimum absolute atomic E-state index is 0.221. The molecule has 0 saturated carbocycles. The Morgan fingerprint density at radius 3 is 2.15 bits per heavy atom. The van der Waals surface area contributed by atoms with Gasteiger partial charge in [-0.2, -0.15) is 5.10 Å². The molecule has 0 amide bonds. The third-order valence-corrected chi connectivity index (χ3v) is 6.99. The van der Waals surface area contributed by atoms with Crippen molar-refractivity contribution in [2.45, 2.75) is 39.5 Å². The lowest BCUT2D eigenvalue weighted by Crippen LogP contribution is -2.13. The van der Waals surface area contributed by atoms with Crippen LogP contribution in [0.15, 0.2) is 59.5 Å². The van der Waals surface area contributed by atoms with E-state index in [4.69, 9.17) is 4.74 Å². The fraction of sp³-hybridized carbons (Fsp3) is 0.208. The Kier molecular flexibility index (Phi) is 5.90. The normalized spacial score (nSPS) is 11.4. The smallest absolute Gasteiger partial charge is 0.261 e. The van der Waals surface area contributed by atoms with Crippen LogP contribution in [0.2, 0.25) is 0 Å². The van der Waals surface area contributed by atoms with Gasteiger partial charge in [-0.15, -0.1) is 10.2 Å². The number of sulfonamides is 1. The van der Waals surface area contributed by atoms with E-state index in [0.29, 0.717) is 23.1 Å². The summed E-state index contributed by atoms with van der Waals surface area (Å²) in [5.41, 5.74) is 5.46. The quantitative estimate of drug-likeness (QED) is 0.441. The lowest BCUT2D eigenvalue weighted by atomic mass is 10.1. The van der Waals surface area contributed by atoms with E-state index in [0.717, 1.165) is 28.1 Å². The summed E-state index contributed by atoms with van der Waals surface area (Å²) < 4.78 is 35.4. The van der Waals surface area contributed by atoms with Crippen molar-refractivity contribution < 1.29 is 13.2 Å². The minimum Gasteiger partial charge on any atom is -0.438 e. The fourth-order valence-corrected chi connectivity index (χ4v) is 4.37. The van der Waals surface area contributed by atoms with Crippen molar-refractivity contribution in [2.75, 3.05) is 4.72 Å². The van der Waals surface area contributed by atoms with Crippen LogP contribution in [-0.2, 0) is 10.0 Å². The molecule has 0 aliphatic heterocycles. The maximum Gasteiger partial charge on any atom is 0.261 e. The third-order valence-electron chi connectivity index (χ3n) is 5.61. The van der Waals surface area contributed by atoms with Gasteiger partial charge < -0.3 is 4.74 Å². The van der Waals surface area contributed by atoms with E-state index < -0.39 is 10.0 Å². The van der Waals surface area contributed by atoms with E-state index in [-0.39, 0.29) is 4.90 Å². The molecule has 0 saturated heterocycles. The average molecular weight is 464 g/mol. The number of nitrogens with one attached hydrogen (secondary N) is 1. The van der Waals surface area contributed by atoms with Crippen LogP contribution in [0.3, 0.4) is 0 Å². The highest BCUT2D eigenvalue weighted by Gasteiger charge is 2.15. The summed E-state index contributed by atoms with van der Waals surface area (Å²) in [6.45, 7) is 9.78. The summed E-state index contributed by atoms with van der Waals surface area (Å²) in [7, 11) is -3.68. The molecule has 0 unspecified atom stereocenters. The average Bonchev–Trinajstić information content (AvgIpc) is 3.04. The number of hydrogen-bond donors (Lipinski definition) is 1. The summed E-state index contributed by atoms with van der Waals surface area (Å²) in [6, 6.07) is 15.1. The zero-order valence-corrected chi connectivity index (χ0v) is 19.9. The van der Waals surface area contributed by atoms with E-state index in [9.17, 15) is 8.42 Å². The van der Waals surface area contributed by atoms with Gasteiger partial charge in [0.25, 0.3) is 10.0 Å². The van der Waals surface area contributed by atoms with Crippen molar-refractivity contribution in [2.24, 2.45) is 0 Å². The molecule has 0 bridgehead atoms. The highest BCUT2D eigenvalue weighted by molar-refractivity contribution is 7.92. The van der Waals surface area contributed by atoms with Gasteiger partial charge in [0.15, 0.2) is 5.82 Å². The van der Waals surface area contributed by atoms with Crippen molar-refractivity contribution in [3.8, 4) is 17.4 Å². The number of aryl methyl sites for hydroxylation is 3. The number of benzene rings is 2. The van der Waals surface area contributed by atoms with E-state index in [2.05, 4.69) is 20.0 Å². The molecule has 170 valence electrons. The van der Waals surface area contributed by atoms with Crippen molar-refractivity contribution in [3.05, 3.63) is 82.7 Å². The predicted octanol–water partition coefficient (Wildman–Crippen LogP) is 4.80. The van der Waals surface area contributed by atoms with Crippen LogP contribution in [0, 0.1) is 34.6 Å². The van der Waals surface area contributed by atoms with Gasteiger partial charge in [0.2, 0.25) is 5.88 Å². The molecule has 4 aromatic rings. The lowest BCUT2D eigenvalue weighted by molar-refractivity contribution is 0.454. The molecule has 0 aliphatic carbocycles. The molecule has 0 aliphatic rings. The molecular weight excluding hydrogens is 438 g/mol. The van der Waals surface area contributed by atoms with Crippen LogP contribution in [0.25, 0.3) is 5.82 Å². The maximum absolute atomic E-state index is 12.7. The molecule has 8 nitrogen and oxygen atoms in total. The number of rotatable bonds is 6. The second-order valence-corrected chi connectivity index (χ2v) is 9.60. The summed E-state index contributed by atoms with van der Waals surface area (Å²) in [4.78, 5) is 0.221. The largest absolute Gasteiger partial charge is 0.438 e. The number of anilines is 1. The van der Waals surface area contributed by atoms with Gasteiger partial charge in [0.1, 0.15) is 5.75 Å². The molecule has 0 spiro atoms. The standard InChI is InChI=1S/C24H25N5O3S/c1-15-6-11-22(14-16(15)2)33(30,31)28-20-7-9-21(10-8-20)32-24-13-12-23(25-26-24)29-19(5)17(3)18(4)27-29/h6-14,28H,1-5H3. The molecule has 2 heterocycles. The number of aromatic nitrogens is 4. The Bertz CT molecular complexity index is 1410. The Hall–Kier alpha value is -3.72. The fourth-order valence-electron chi connectivity index (χ4n) is 3.23. The molecule has 33 heavy (non-hydrogen) atoms. The summed E-state index contributed by atoms with van der Waals surface area (Å²) >= 11 is 0. The third kappa shape index (κ3) is 4.73. The van der Waals surface area contributed by atoms with Gasteiger partial charge in [-0.05, 0) is 93.8 Å². The van der Waals surface area contributed by atoms with Gasteiger partial charge in [-0.25, -0.2) is 13.1 Å². The number of nitrogens with zero attached hydrogens (tertiary/aromatic N) is 4. The molecule has 2 aromatic carbocycles. The van der Waals surface area contributed by atoms with E-state index in [1.54, 1.807) is 59.3 Å². The van der Waals surface area contributed by atoms with E-state index in [1.165, 1.54) is 0 Å². The van der Waals surface area contributed by atoms with Crippen molar-refractivity contribution in [1.29, 1.82) is 0 Å². The van der Waals surface area contributed by atoms with Crippen LogP contribution in [0.5, 0.6) is 11.6 Å². The monoisotopic (exact) mass is 463 g/mol. The molecule has 2 aromatic heterocycles. The van der Waals surface area contributed by atoms with Crippen LogP contribution in [0.4, 0.5) is 5.69 Å². The SMILES string of the molecule is Cc1ccc(S(=O)(=O)Nc2ccc(Oc3ccc(-n4nc(C)c(C)c4C)nn3)cc2)cc1C. The summed E-state index contributed by atoms with van der Waals surface area (Å²) in [5.74, 6) is 1.43. The summed E-state index contributed by atoms with van der Waals surface area (Å²) in [6.07, 6.45) is 0. The van der Waals surface area contributed by atoms with Crippen LogP contribution in [-0.4, -0.2) is 28.4 Å².